The Morgan fingerprint density at radius 1 is 1.24 bits per heavy atom. The van der Waals surface area contributed by atoms with Gasteiger partial charge >= 0.3 is 0 Å². The van der Waals surface area contributed by atoms with Crippen molar-refractivity contribution in [2.75, 3.05) is 5.32 Å². The number of nitrogens with one attached hydrogen (secondary N) is 2. The molecule has 0 radical (unpaired) electrons. The number of rotatable bonds is 6. The highest BCUT2D eigenvalue weighted by atomic mass is 16.6. The molecule has 2 N–H and O–H groups in total. The minimum Gasteiger partial charge on any atom is -0.326 e. The van der Waals surface area contributed by atoms with Crippen LogP contribution in [0.15, 0.2) is 47.6 Å². The summed E-state index contributed by atoms with van der Waals surface area (Å²) in [5, 5.41) is 18.0. The molecule has 8 nitrogen and oxygen atoms in total. The average molecular weight is 394 g/mol. The molecule has 29 heavy (non-hydrogen) atoms. The summed E-state index contributed by atoms with van der Waals surface area (Å²) in [4.78, 5) is 34.5. The SMILES string of the molecule is CC(=O)Nc1ccc(C2=NNC(C)(C(=O)Cc3ccc([N+](=O)[O-])c(C)c3)C2)cc1. The maximum atomic E-state index is 12.9. The molecule has 0 spiro atoms. The lowest BCUT2D eigenvalue weighted by atomic mass is 9.86. The van der Waals surface area contributed by atoms with Gasteiger partial charge in [0.25, 0.3) is 5.69 Å². The first kappa shape index (κ1) is 20.2. The Morgan fingerprint density at radius 3 is 2.52 bits per heavy atom. The van der Waals surface area contributed by atoms with Crippen LogP contribution in [0.2, 0.25) is 0 Å². The van der Waals surface area contributed by atoms with Crippen molar-refractivity contribution >= 4 is 28.8 Å². The number of hydrogen-bond acceptors (Lipinski definition) is 6. The van der Waals surface area contributed by atoms with Crippen molar-refractivity contribution in [2.24, 2.45) is 5.10 Å². The van der Waals surface area contributed by atoms with Crippen molar-refractivity contribution < 1.29 is 14.5 Å². The maximum absolute atomic E-state index is 12.9. The van der Waals surface area contributed by atoms with Gasteiger partial charge < -0.3 is 5.32 Å². The summed E-state index contributed by atoms with van der Waals surface area (Å²) in [7, 11) is 0. The molecule has 1 atom stereocenters. The largest absolute Gasteiger partial charge is 0.326 e. The molecule has 0 aliphatic carbocycles. The molecule has 0 aromatic heterocycles. The lowest BCUT2D eigenvalue weighted by molar-refractivity contribution is -0.385. The summed E-state index contributed by atoms with van der Waals surface area (Å²) < 4.78 is 0. The van der Waals surface area contributed by atoms with E-state index < -0.39 is 10.5 Å². The lowest BCUT2D eigenvalue weighted by Crippen LogP contribution is -2.45. The maximum Gasteiger partial charge on any atom is 0.272 e. The van der Waals surface area contributed by atoms with Gasteiger partial charge in [-0.2, -0.15) is 5.10 Å². The summed E-state index contributed by atoms with van der Waals surface area (Å²) in [6.07, 6.45) is 0.587. The number of hydrogen-bond donors (Lipinski definition) is 2. The van der Waals surface area contributed by atoms with Crippen molar-refractivity contribution in [2.45, 2.75) is 39.2 Å². The molecule has 1 aliphatic rings. The Hall–Kier alpha value is -3.55. The number of amides is 1. The molecule has 0 bridgehead atoms. The van der Waals surface area contributed by atoms with E-state index in [0.29, 0.717) is 17.7 Å². The molecular weight excluding hydrogens is 372 g/mol. The van der Waals surface area contributed by atoms with Crippen LogP contribution >= 0.6 is 0 Å². The highest BCUT2D eigenvalue weighted by Crippen LogP contribution is 2.25. The van der Waals surface area contributed by atoms with Crippen LogP contribution in [0.5, 0.6) is 0 Å². The van der Waals surface area contributed by atoms with E-state index in [9.17, 15) is 19.7 Å². The predicted molar refractivity (Wildman–Crippen MR) is 110 cm³/mol. The van der Waals surface area contributed by atoms with E-state index in [1.54, 1.807) is 38.1 Å². The Morgan fingerprint density at radius 2 is 1.93 bits per heavy atom. The second-order valence-electron chi connectivity index (χ2n) is 7.42. The third kappa shape index (κ3) is 4.48. The molecule has 2 aromatic carbocycles. The summed E-state index contributed by atoms with van der Waals surface area (Å²) >= 11 is 0. The molecule has 8 heteroatoms. The normalized spacial score (nSPS) is 18.0. The summed E-state index contributed by atoms with van der Waals surface area (Å²) in [5.74, 6) is -0.184. The van der Waals surface area contributed by atoms with Crippen LogP contribution in [0.4, 0.5) is 11.4 Å². The van der Waals surface area contributed by atoms with Crippen molar-refractivity contribution in [1.29, 1.82) is 0 Å². The summed E-state index contributed by atoms with van der Waals surface area (Å²) in [5.41, 5.74) is 5.73. The second kappa shape index (κ2) is 7.83. The van der Waals surface area contributed by atoms with Gasteiger partial charge in [-0.1, -0.05) is 18.2 Å². The van der Waals surface area contributed by atoms with E-state index in [1.807, 2.05) is 12.1 Å². The van der Waals surface area contributed by atoms with E-state index in [4.69, 9.17) is 0 Å². The first-order valence-corrected chi connectivity index (χ1v) is 9.17. The van der Waals surface area contributed by atoms with Gasteiger partial charge in [-0.3, -0.25) is 25.1 Å². The molecule has 150 valence electrons. The fourth-order valence-electron chi connectivity index (χ4n) is 3.29. The molecule has 1 heterocycles. The quantitative estimate of drug-likeness (QED) is 0.577. The lowest BCUT2D eigenvalue weighted by Gasteiger charge is -2.22. The highest BCUT2D eigenvalue weighted by molar-refractivity contribution is 6.07. The number of Topliss-reactive ketones (excluding diaryl/α,β-unsaturated/α-hetero) is 1. The van der Waals surface area contributed by atoms with Gasteiger partial charge in [-0.25, -0.2) is 0 Å². The monoisotopic (exact) mass is 394 g/mol. The number of ketones is 1. The number of nitro groups is 1. The van der Waals surface area contributed by atoms with Crippen LogP contribution in [0.1, 0.15) is 37.0 Å². The Balaban J connectivity index is 1.68. The number of carbonyl (C=O) groups is 2. The molecule has 1 aliphatic heterocycles. The van der Waals surface area contributed by atoms with Gasteiger partial charge in [0, 0.05) is 37.1 Å². The van der Waals surface area contributed by atoms with E-state index in [2.05, 4.69) is 15.8 Å². The van der Waals surface area contributed by atoms with Gasteiger partial charge in [0.1, 0.15) is 5.54 Å². The number of benzene rings is 2. The van der Waals surface area contributed by atoms with Crippen molar-refractivity contribution in [3.63, 3.8) is 0 Å². The number of aryl methyl sites for hydroxylation is 1. The number of nitro benzene ring substituents is 1. The van der Waals surface area contributed by atoms with Gasteiger partial charge in [0.2, 0.25) is 5.91 Å². The Labute approximate surface area is 168 Å². The van der Waals surface area contributed by atoms with Crippen LogP contribution in [-0.2, 0) is 16.0 Å². The standard InChI is InChI=1S/C21H22N4O4/c1-13-10-15(4-9-19(13)25(28)29)11-20(27)21(3)12-18(23-24-21)16-5-7-17(8-6-16)22-14(2)26/h4-10,24H,11-12H2,1-3H3,(H,22,26). The Kier molecular flexibility index (Phi) is 5.45. The van der Waals surface area contributed by atoms with Crippen LogP contribution < -0.4 is 10.7 Å². The average Bonchev–Trinajstić information content (AvgIpc) is 3.05. The third-order valence-electron chi connectivity index (χ3n) is 4.94. The Bertz CT molecular complexity index is 1010. The fourth-order valence-corrected chi connectivity index (χ4v) is 3.29. The number of carbonyl (C=O) groups excluding carboxylic acids is 2. The van der Waals surface area contributed by atoms with Crippen LogP contribution in [0.3, 0.4) is 0 Å². The van der Waals surface area contributed by atoms with E-state index in [-0.39, 0.29) is 23.8 Å². The zero-order valence-corrected chi connectivity index (χ0v) is 16.5. The molecule has 0 fully saturated rings. The van der Waals surface area contributed by atoms with E-state index in [1.165, 1.54) is 13.0 Å². The van der Waals surface area contributed by atoms with Gasteiger partial charge in [0.15, 0.2) is 5.78 Å². The molecule has 2 aromatic rings. The van der Waals surface area contributed by atoms with Gasteiger partial charge in [-0.05, 0) is 43.2 Å². The summed E-state index contributed by atoms with van der Waals surface area (Å²) in [6, 6.07) is 12.0. The topological polar surface area (TPSA) is 114 Å². The molecular formula is C21H22N4O4. The first-order chi connectivity index (χ1) is 13.7. The fraction of sp³-hybridized carbons (Fsp3) is 0.286. The van der Waals surface area contributed by atoms with Crippen molar-refractivity contribution in [3.8, 4) is 0 Å². The van der Waals surface area contributed by atoms with E-state index in [0.717, 1.165) is 16.8 Å². The van der Waals surface area contributed by atoms with E-state index >= 15 is 0 Å². The van der Waals surface area contributed by atoms with Crippen LogP contribution in [0.25, 0.3) is 0 Å². The number of hydrazone groups is 1. The molecule has 0 saturated heterocycles. The summed E-state index contributed by atoms with van der Waals surface area (Å²) in [6.45, 7) is 4.91. The molecule has 1 unspecified atom stereocenters. The smallest absolute Gasteiger partial charge is 0.272 e. The molecule has 3 rings (SSSR count). The predicted octanol–water partition coefficient (Wildman–Crippen LogP) is 3.13. The molecule has 0 saturated carbocycles. The van der Waals surface area contributed by atoms with Gasteiger partial charge in [-0.15, -0.1) is 0 Å². The zero-order valence-electron chi connectivity index (χ0n) is 16.5. The highest BCUT2D eigenvalue weighted by Gasteiger charge is 2.38. The molecule has 1 amide bonds. The van der Waals surface area contributed by atoms with Crippen LogP contribution in [-0.4, -0.2) is 27.9 Å². The first-order valence-electron chi connectivity index (χ1n) is 9.17. The van der Waals surface area contributed by atoms with Crippen molar-refractivity contribution in [3.05, 3.63) is 69.3 Å². The third-order valence-corrected chi connectivity index (χ3v) is 4.94. The minimum atomic E-state index is -0.846. The van der Waals surface area contributed by atoms with Crippen molar-refractivity contribution in [1.82, 2.24) is 5.43 Å². The van der Waals surface area contributed by atoms with Gasteiger partial charge in [0.05, 0.1) is 10.6 Å². The number of nitrogens with zero attached hydrogens (tertiary/aromatic N) is 2. The minimum absolute atomic E-state index is 0.0414. The second-order valence-corrected chi connectivity index (χ2v) is 7.42. The zero-order chi connectivity index (χ0) is 21.2. The van der Waals surface area contributed by atoms with Crippen LogP contribution in [0, 0.1) is 17.0 Å². The number of anilines is 1.